The van der Waals surface area contributed by atoms with Crippen molar-refractivity contribution < 1.29 is 19.4 Å². The van der Waals surface area contributed by atoms with E-state index in [1.165, 1.54) is 6.92 Å². The number of carboxylic acid groups (broad SMARTS) is 1. The fourth-order valence-electron chi connectivity index (χ4n) is 1.46. The number of ether oxygens (including phenoxy) is 1. The summed E-state index contributed by atoms with van der Waals surface area (Å²) in [6, 6.07) is 6.58. The predicted molar refractivity (Wildman–Crippen MR) is 66.6 cm³/mol. The van der Waals surface area contributed by atoms with Crippen LogP contribution in [0, 0.1) is 0 Å². The summed E-state index contributed by atoms with van der Waals surface area (Å²) in [7, 11) is 1.58. The Balaban J connectivity index is 2.44. The number of carbonyl (C=O) groups excluding carboxylic acids is 1. The molecule has 1 aromatic carbocycles. The summed E-state index contributed by atoms with van der Waals surface area (Å²) in [6.45, 7) is 1.44. The largest absolute Gasteiger partial charge is 0.497 e. The Hall–Kier alpha value is -2.04. The smallest absolute Gasteiger partial charge is 0.325 e. The molecule has 0 aromatic heterocycles. The maximum atomic E-state index is 11.5. The highest BCUT2D eigenvalue weighted by molar-refractivity contribution is 5.83. The number of hydrogen-bond acceptors (Lipinski definition) is 3. The molecular weight excluding hydrogens is 234 g/mol. The third kappa shape index (κ3) is 4.45. The van der Waals surface area contributed by atoms with Gasteiger partial charge in [0.1, 0.15) is 11.8 Å². The maximum absolute atomic E-state index is 11.5. The predicted octanol–water partition coefficient (Wildman–Crippen LogP) is 1.22. The van der Waals surface area contributed by atoms with E-state index < -0.39 is 12.0 Å². The molecule has 1 atom stereocenters. The van der Waals surface area contributed by atoms with Gasteiger partial charge in [0.25, 0.3) is 0 Å². The first-order chi connectivity index (χ1) is 8.52. The van der Waals surface area contributed by atoms with Gasteiger partial charge in [0.15, 0.2) is 0 Å². The first-order valence-corrected chi connectivity index (χ1v) is 5.68. The number of nitrogens with one attached hydrogen (secondary N) is 1. The van der Waals surface area contributed by atoms with E-state index in [2.05, 4.69) is 5.32 Å². The number of methoxy groups -OCH3 is 1. The Bertz CT molecular complexity index is 431. The third-order valence-corrected chi connectivity index (χ3v) is 2.52. The van der Waals surface area contributed by atoms with Gasteiger partial charge in [0.05, 0.1) is 7.11 Å². The number of carbonyl (C=O) groups is 2. The van der Waals surface area contributed by atoms with Crippen LogP contribution in [0.5, 0.6) is 5.75 Å². The number of amides is 1. The van der Waals surface area contributed by atoms with Crippen LogP contribution in [-0.4, -0.2) is 30.1 Å². The van der Waals surface area contributed by atoms with Crippen molar-refractivity contribution in [3.05, 3.63) is 29.8 Å². The van der Waals surface area contributed by atoms with E-state index in [1.807, 2.05) is 24.3 Å². The van der Waals surface area contributed by atoms with E-state index >= 15 is 0 Å². The van der Waals surface area contributed by atoms with Crippen LogP contribution in [0.25, 0.3) is 0 Å². The van der Waals surface area contributed by atoms with Crippen LogP contribution in [-0.2, 0) is 16.0 Å². The molecule has 0 saturated carbocycles. The maximum Gasteiger partial charge on any atom is 0.325 e. The van der Waals surface area contributed by atoms with Crippen LogP contribution in [0.1, 0.15) is 18.9 Å². The number of benzene rings is 1. The van der Waals surface area contributed by atoms with E-state index in [0.717, 1.165) is 11.3 Å². The molecule has 0 saturated heterocycles. The molecule has 2 N–H and O–H groups in total. The highest BCUT2D eigenvalue weighted by Crippen LogP contribution is 2.13. The topological polar surface area (TPSA) is 75.6 Å². The third-order valence-electron chi connectivity index (χ3n) is 2.52. The van der Waals surface area contributed by atoms with Crippen LogP contribution in [0.15, 0.2) is 24.3 Å². The average Bonchev–Trinajstić information content (AvgIpc) is 2.36. The zero-order valence-electron chi connectivity index (χ0n) is 10.5. The molecule has 0 aliphatic heterocycles. The Morgan fingerprint density at radius 1 is 1.44 bits per heavy atom. The number of hydrogen-bond donors (Lipinski definition) is 2. The number of aryl methyl sites for hydroxylation is 1. The van der Waals surface area contributed by atoms with Gasteiger partial charge < -0.3 is 15.2 Å². The van der Waals surface area contributed by atoms with Crippen molar-refractivity contribution in [3.8, 4) is 5.75 Å². The fraction of sp³-hybridized carbons (Fsp3) is 0.385. The van der Waals surface area contributed by atoms with Gasteiger partial charge in [-0.1, -0.05) is 12.1 Å². The van der Waals surface area contributed by atoms with Gasteiger partial charge in [-0.05, 0) is 31.0 Å². The lowest BCUT2D eigenvalue weighted by Gasteiger charge is -2.09. The number of carboxylic acids is 1. The summed E-state index contributed by atoms with van der Waals surface area (Å²) < 4.78 is 5.08. The lowest BCUT2D eigenvalue weighted by atomic mass is 10.1. The molecule has 5 nitrogen and oxygen atoms in total. The van der Waals surface area contributed by atoms with Crippen molar-refractivity contribution in [2.24, 2.45) is 0 Å². The van der Waals surface area contributed by atoms with E-state index in [1.54, 1.807) is 7.11 Å². The highest BCUT2D eigenvalue weighted by atomic mass is 16.5. The Kier molecular flexibility index (Phi) is 5.17. The summed E-state index contributed by atoms with van der Waals surface area (Å²) >= 11 is 0. The summed E-state index contributed by atoms with van der Waals surface area (Å²) in [4.78, 5) is 22.0. The summed E-state index contributed by atoms with van der Waals surface area (Å²) in [5.41, 5.74) is 0.979. The molecule has 0 fully saturated rings. The molecule has 0 heterocycles. The number of aliphatic carboxylic acids is 1. The first-order valence-electron chi connectivity index (χ1n) is 5.68. The molecule has 98 valence electrons. The van der Waals surface area contributed by atoms with Gasteiger partial charge in [0, 0.05) is 6.42 Å². The first kappa shape index (κ1) is 14.0. The molecule has 18 heavy (non-hydrogen) atoms. The van der Waals surface area contributed by atoms with E-state index in [0.29, 0.717) is 6.42 Å². The minimum atomic E-state index is -1.04. The van der Waals surface area contributed by atoms with Crippen molar-refractivity contribution in [1.29, 1.82) is 0 Å². The second-order valence-electron chi connectivity index (χ2n) is 3.98. The summed E-state index contributed by atoms with van der Waals surface area (Å²) in [5, 5.41) is 11.1. The van der Waals surface area contributed by atoms with Crippen LogP contribution < -0.4 is 10.1 Å². The van der Waals surface area contributed by atoms with Crippen LogP contribution in [0.3, 0.4) is 0 Å². The lowest BCUT2D eigenvalue weighted by molar-refractivity contribution is -0.141. The van der Waals surface area contributed by atoms with Crippen molar-refractivity contribution in [2.45, 2.75) is 25.8 Å². The molecule has 5 heteroatoms. The molecule has 1 rings (SSSR count). The molecule has 0 bridgehead atoms. The zero-order valence-corrected chi connectivity index (χ0v) is 10.5. The molecule has 0 unspecified atom stereocenters. The van der Waals surface area contributed by atoms with Crippen LogP contribution in [0.2, 0.25) is 0 Å². The standard InChI is InChI=1S/C13H17NO4/c1-9(13(16)17)14-12(15)7-6-10-4-3-5-11(8-10)18-2/h3-5,8-9H,6-7H2,1-2H3,(H,14,15)(H,16,17)/t9-/m1/s1. The lowest BCUT2D eigenvalue weighted by Crippen LogP contribution is -2.38. The van der Waals surface area contributed by atoms with Crippen molar-refractivity contribution >= 4 is 11.9 Å². The molecule has 1 aromatic rings. The second kappa shape index (κ2) is 6.64. The monoisotopic (exact) mass is 251 g/mol. The molecule has 0 aliphatic carbocycles. The Labute approximate surface area is 106 Å². The second-order valence-corrected chi connectivity index (χ2v) is 3.98. The van der Waals surface area contributed by atoms with Gasteiger partial charge in [-0.3, -0.25) is 9.59 Å². The van der Waals surface area contributed by atoms with Crippen LogP contribution in [0.4, 0.5) is 0 Å². The van der Waals surface area contributed by atoms with Gasteiger partial charge in [-0.2, -0.15) is 0 Å². The van der Waals surface area contributed by atoms with E-state index in [4.69, 9.17) is 9.84 Å². The molecule has 0 spiro atoms. The van der Waals surface area contributed by atoms with Crippen molar-refractivity contribution in [2.75, 3.05) is 7.11 Å². The minimum Gasteiger partial charge on any atom is -0.497 e. The quantitative estimate of drug-likeness (QED) is 0.797. The minimum absolute atomic E-state index is 0.255. The van der Waals surface area contributed by atoms with Gasteiger partial charge >= 0.3 is 5.97 Å². The normalized spacial score (nSPS) is 11.7. The molecule has 1 amide bonds. The fourth-order valence-corrected chi connectivity index (χ4v) is 1.46. The Morgan fingerprint density at radius 2 is 2.17 bits per heavy atom. The molecule has 0 radical (unpaired) electrons. The SMILES string of the molecule is COc1cccc(CCC(=O)N[C@H](C)C(=O)O)c1. The highest BCUT2D eigenvalue weighted by Gasteiger charge is 2.13. The van der Waals surface area contributed by atoms with Gasteiger partial charge in [-0.15, -0.1) is 0 Å². The molecule has 0 aliphatic rings. The molecular formula is C13H17NO4. The average molecular weight is 251 g/mol. The van der Waals surface area contributed by atoms with Gasteiger partial charge in [0.2, 0.25) is 5.91 Å². The Morgan fingerprint density at radius 3 is 2.78 bits per heavy atom. The summed E-state index contributed by atoms with van der Waals surface area (Å²) in [6.07, 6.45) is 0.806. The number of rotatable bonds is 6. The van der Waals surface area contributed by atoms with Crippen molar-refractivity contribution in [1.82, 2.24) is 5.32 Å². The zero-order chi connectivity index (χ0) is 13.5. The van der Waals surface area contributed by atoms with Gasteiger partial charge in [-0.25, -0.2) is 0 Å². The van der Waals surface area contributed by atoms with Crippen LogP contribution >= 0.6 is 0 Å². The van der Waals surface area contributed by atoms with E-state index in [-0.39, 0.29) is 12.3 Å². The van der Waals surface area contributed by atoms with E-state index in [9.17, 15) is 9.59 Å². The summed E-state index contributed by atoms with van der Waals surface area (Å²) in [5.74, 6) is -0.565. The van der Waals surface area contributed by atoms with Crippen molar-refractivity contribution in [3.63, 3.8) is 0 Å².